The lowest BCUT2D eigenvalue weighted by atomic mass is 10.1. The van der Waals surface area contributed by atoms with Crippen LogP contribution in [0.2, 0.25) is 0 Å². The Bertz CT molecular complexity index is 983. The van der Waals surface area contributed by atoms with E-state index in [-0.39, 0.29) is 24.9 Å². The lowest BCUT2D eigenvalue weighted by Gasteiger charge is -2.06. The molecule has 0 atom stereocenters. The van der Waals surface area contributed by atoms with E-state index in [1.54, 1.807) is 18.2 Å². The SMILES string of the molecule is O=C(CON=C1c2ccccc2-c2ccccc21)NCc1ccccc1F. The first-order chi connectivity index (χ1) is 13.2. The molecule has 0 unspecified atom stereocenters. The van der Waals surface area contributed by atoms with Crippen LogP contribution in [-0.2, 0) is 16.2 Å². The fourth-order valence-electron chi connectivity index (χ4n) is 3.13. The van der Waals surface area contributed by atoms with Crippen molar-refractivity contribution in [2.75, 3.05) is 6.61 Å². The number of rotatable bonds is 5. The maximum absolute atomic E-state index is 13.6. The topological polar surface area (TPSA) is 50.7 Å². The number of amides is 1. The molecule has 0 spiro atoms. The molecule has 5 heteroatoms. The van der Waals surface area contributed by atoms with E-state index in [1.807, 2.05) is 48.5 Å². The van der Waals surface area contributed by atoms with Gasteiger partial charge in [-0.2, -0.15) is 0 Å². The summed E-state index contributed by atoms with van der Waals surface area (Å²) in [5.74, 6) is -0.708. The molecule has 4 rings (SSSR count). The Morgan fingerprint density at radius 3 is 2.04 bits per heavy atom. The van der Waals surface area contributed by atoms with Gasteiger partial charge in [-0.1, -0.05) is 71.9 Å². The molecule has 0 saturated heterocycles. The maximum atomic E-state index is 13.6. The first-order valence-corrected chi connectivity index (χ1v) is 8.63. The number of halogens is 1. The van der Waals surface area contributed by atoms with E-state index < -0.39 is 0 Å². The van der Waals surface area contributed by atoms with Crippen LogP contribution in [0.4, 0.5) is 4.39 Å². The maximum Gasteiger partial charge on any atom is 0.261 e. The summed E-state index contributed by atoms with van der Waals surface area (Å²) in [4.78, 5) is 17.3. The van der Waals surface area contributed by atoms with Crippen LogP contribution in [-0.4, -0.2) is 18.2 Å². The number of benzene rings is 3. The molecule has 3 aromatic rings. The number of fused-ring (bicyclic) bond motifs is 3. The van der Waals surface area contributed by atoms with Crippen LogP contribution in [0.25, 0.3) is 11.1 Å². The van der Waals surface area contributed by atoms with Gasteiger partial charge in [0.1, 0.15) is 11.5 Å². The van der Waals surface area contributed by atoms with Crippen molar-refractivity contribution >= 4 is 11.6 Å². The molecule has 1 N–H and O–H groups in total. The zero-order valence-electron chi connectivity index (χ0n) is 14.5. The fourth-order valence-corrected chi connectivity index (χ4v) is 3.13. The summed E-state index contributed by atoms with van der Waals surface area (Å²) in [6, 6.07) is 22.2. The number of oxime groups is 1. The number of hydrogen-bond donors (Lipinski definition) is 1. The van der Waals surface area contributed by atoms with Gasteiger partial charge in [0.25, 0.3) is 5.91 Å². The standard InChI is InChI=1S/C22H17FN2O2/c23-20-12-6-1-7-15(20)13-24-21(26)14-27-25-22-18-10-4-2-8-16(18)17-9-3-5-11-19(17)22/h1-12H,13-14H2,(H,24,26). The lowest BCUT2D eigenvalue weighted by Crippen LogP contribution is -2.27. The molecule has 3 aromatic carbocycles. The summed E-state index contributed by atoms with van der Waals surface area (Å²) in [7, 11) is 0. The molecule has 0 aliphatic heterocycles. The molecule has 27 heavy (non-hydrogen) atoms. The Hall–Kier alpha value is -3.47. The molecule has 0 heterocycles. The zero-order valence-corrected chi connectivity index (χ0v) is 14.5. The lowest BCUT2D eigenvalue weighted by molar-refractivity contribution is -0.125. The van der Waals surface area contributed by atoms with Gasteiger partial charge >= 0.3 is 0 Å². The monoisotopic (exact) mass is 360 g/mol. The second-order valence-corrected chi connectivity index (χ2v) is 6.17. The van der Waals surface area contributed by atoms with Crippen molar-refractivity contribution < 1.29 is 14.0 Å². The van der Waals surface area contributed by atoms with Crippen LogP contribution in [0, 0.1) is 5.82 Å². The molecular weight excluding hydrogens is 343 g/mol. The number of nitrogens with one attached hydrogen (secondary N) is 1. The van der Waals surface area contributed by atoms with Crippen LogP contribution < -0.4 is 5.32 Å². The highest BCUT2D eigenvalue weighted by atomic mass is 19.1. The van der Waals surface area contributed by atoms with E-state index >= 15 is 0 Å². The number of carbonyl (C=O) groups excluding carboxylic acids is 1. The van der Waals surface area contributed by atoms with E-state index in [1.165, 1.54) is 6.07 Å². The van der Waals surface area contributed by atoms with Crippen molar-refractivity contribution in [3.8, 4) is 11.1 Å². The third-order valence-electron chi connectivity index (χ3n) is 4.44. The van der Waals surface area contributed by atoms with Crippen LogP contribution in [0.15, 0.2) is 78.0 Å². The van der Waals surface area contributed by atoms with Crippen LogP contribution in [0.3, 0.4) is 0 Å². The van der Waals surface area contributed by atoms with Crippen molar-refractivity contribution in [1.82, 2.24) is 5.32 Å². The molecular formula is C22H17FN2O2. The van der Waals surface area contributed by atoms with Gasteiger partial charge < -0.3 is 10.2 Å². The Balaban J connectivity index is 1.43. The predicted octanol–water partition coefficient (Wildman–Crippen LogP) is 3.89. The van der Waals surface area contributed by atoms with Gasteiger partial charge in [0.05, 0.1) is 0 Å². The number of hydrogen-bond acceptors (Lipinski definition) is 3. The summed E-state index contributed by atoms with van der Waals surface area (Å²) in [5, 5.41) is 6.83. The highest BCUT2D eigenvalue weighted by molar-refractivity contribution is 6.24. The van der Waals surface area contributed by atoms with E-state index in [0.29, 0.717) is 11.3 Å². The third-order valence-corrected chi connectivity index (χ3v) is 4.44. The van der Waals surface area contributed by atoms with Crippen molar-refractivity contribution in [1.29, 1.82) is 0 Å². The first-order valence-electron chi connectivity index (χ1n) is 8.63. The summed E-state index contributed by atoms with van der Waals surface area (Å²) in [5.41, 5.74) is 5.29. The Morgan fingerprint density at radius 2 is 1.41 bits per heavy atom. The molecule has 0 saturated carbocycles. The van der Waals surface area contributed by atoms with E-state index in [4.69, 9.17) is 4.84 Å². The Morgan fingerprint density at radius 1 is 0.852 bits per heavy atom. The first kappa shape index (κ1) is 17.0. The van der Waals surface area contributed by atoms with Crippen molar-refractivity contribution in [3.05, 3.63) is 95.3 Å². The smallest absolute Gasteiger partial charge is 0.261 e. The molecule has 1 aliphatic carbocycles. The fraction of sp³-hybridized carbons (Fsp3) is 0.0909. The quantitative estimate of drug-likeness (QED) is 0.549. The number of carbonyl (C=O) groups is 1. The zero-order chi connectivity index (χ0) is 18.6. The molecule has 1 amide bonds. The summed E-state index contributed by atoms with van der Waals surface area (Å²) < 4.78 is 13.6. The van der Waals surface area contributed by atoms with Crippen LogP contribution in [0.1, 0.15) is 16.7 Å². The van der Waals surface area contributed by atoms with Gasteiger partial charge in [-0.3, -0.25) is 4.79 Å². The van der Waals surface area contributed by atoms with Gasteiger partial charge in [0.15, 0.2) is 6.61 Å². The van der Waals surface area contributed by atoms with Gasteiger partial charge in [-0.05, 0) is 17.2 Å². The minimum absolute atomic E-state index is 0.108. The van der Waals surface area contributed by atoms with Crippen LogP contribution >= 0.6 is 0 Å². The molecule has 0 bridgehead atoms. The number of nitrogens with zero attached hydrogens (tertiary/aromatic N) is 1. The van der Waals surface area contributed by atoms with E-state index in [9.17, 15) is 9.18 Å². The van der Waals surface area contributed by atoms with Gasteiger partial charge in [-0.25, -0.2) is 4.39 Å². The summed E-state index contributed by atoms with van der Waals surface area (Å²) in [6.45, 7) is -0.126. The van der Waals surface area contributed by atoms with Gasteiger partial charge in [0, 0.05) is 23.2 Å². The highest BCUT2D eigenvalue weighted by Gasteiger charge is 2.24. The molecule has 1 aliphatic rings. The molecule has 134 valence electrons. The second kappa shape index (κ2) is 7.41. The van der Waals surface area contributed by atoms with Crippen LogP contribution in [0.5, 0.6) is 0 Å². The summed E-state index contributed by atoms with van der Waals surface area (Å²) >= 11 is 0. The molecule has 0 radical (unpaired) electrons. The van der Waals surface area contributed by atoms with Crippen molar-refractivity contribution in [2.24, 2.45) is 5.16 Å². The molecule has 0 aromatic heterocycles. The minimum atomic E-state index is -0.359. The van der Waals surface area contributed by atoms with Crippen molar-refractivity contribution in [2.45, 2.75) is 6.54 Å². The summed E-state index contributed by atoms with van der Waals surface area (Å²) in [6.07, 6.45) is 0. The minimum Gasteiger partial charge on any atom is -0.385 e. The normalized spacial score (nSPS) is 11.5. The molecule has 4 nitrogen and oxygen atoms in total. The van der Waals surface area contributed by atoms with Crippen molar-refractivity contribution in [3.63, 3.8) is 0 Å². The Labute approximate surface area is 156 Å². The van der Waals surface area contributed by atoms with E-state index in [0.717, 1.165) is 22.3 Å². The average molecular weight is 360 g/mol. The van der Waals surface area contributed by atoms with Gasteiger partial charge in [0.2, 0.25) is 0 Å². The van der Waals surface area contributed by atoms with E-state index in [2.05, 4.69) is 10.5 Å². The average Bonchev–Trinajstić information content (AvgIpc) is 3.02. The molecule has 0 fully saturated rings. The Kier molecular flexibility index (Phi) is 4.66. The third kappa shape index (κ3) is 3.44. The largest absolute Gasteiger partial charge is 0.385 e. The van der Waals surface area contributed by atoms with Gasteiger partial charge in [-0.15, -0.1) is 0 Å². The second-order valence-electron chi connectivity index (χ2n) is 6.17. The highest BCUT2D eigenvalue weighted by Crippen LogP contribution is 2.36. The predicted molar refractivity (Wildman–Crippen MR) is 102 cm³/mol.